The molecule has 0 unspecified atom stereocenters. The molecule has 2 aromatic heterocycles. The van der Waals surface area contributed by atoms with Crippen LogP contribution in [0.5, 0.6) is 0 Å². The number of hydrogen-bond donors (Lipinski definition) is 0. The summed E-state index contributed by atoms with van der Waals surface area (Å²) in [5, 5.41) is 1.08. The molecule has 26 heavy (non-hydrogen) atoms. The van der Waals surface area contributed by atoms with Crippen LogP contribution in [-0.2, 0) is 6.42 Å². The maximum Gasteiger partial charge on any atom is 0.154 e. The number of rotatable bonds is 2. The summed E-state index contributed by atoms with van der Waals surface area (Å²) in [5.74, 6) is 0.550. The first-order valence-electron chi connectivity index (χ1n) is 8.79. The molecule has 4 aromatic rings. The Bertz CT molecular complexity index is 1090. The normalized spacial score (nSPS) is 13.8. The van der Waals surface area contributed by atoms with E-state index >= 15 is 0 Å². The predicted octanol–water partition coefficient (Wildman–Crippen LogP) is 5.72. The molecule has 0 radical (unpaired) electrons. The average Bonchev–Trinajstić information content (AvgIpc) is 3.21. The zero-order valence-corrected chi connectivity index (χ0v) is 14.2. The molecule has 0 bridgehead atoms. The molecule has 1 aliphatic heterocycles. The summed E-state index contributed by atoms with van der Waals surface area (Å²) in [6.45, 7) is 0.867. The van der Waals surface area contributed by atoms with Crippen molar-refractivity contribution in [2.24, 2.45) is 0 Å². The van der Waals surface area contributed by atoms with E-state index in [1.807, 2.05) is 36.4 Å². The van der Waals surface area contributed by atoms with E-state index in [0.29, 0.717) is 0 Å². The lowest BCUT2D eigenvalue weighted by Crippen LogP contribution is -2.25. The van der Waals surface area contributed by atoms with E-state index in [1.165, 1.54) is 6.07 Å². The quantitative estimate of drug-likeness (QED) is 0.466. The lowest BCUT2D eigenvalue weighted by molar-refractivity contribution is 0.580. The van der Waals surface area contributed by atoms with Crippen LogP contribution >= 0.6 is 0 Å². The Labute approximate surface area is 150 Å². The number of aryl methyl sites for hydroxylation is 1. The number of benzene rings is 2. The smallest absolute Gasteiger partial charge is 0.154 e. The van der Waals surface area contributed by atoms with Gasteiger partial charge < -0.3 is 9.32 Å². The van der Waals surface area contributed by atoms with Crippen LogP contribution in [0, 0.1) is 5.82 Å². The van der Waals surface area contributed by atoms with Crippen molar-refractivity contribution in [3.05, 3.63) is 78.3 Å². The number of pyridine rings is 1. The Balaban J connectivity index is 1.75. The maximum absolute atomic E-state index is 13.7. The van der Waals surface area contributed by atoms with E-state index in [4.69, 9.17) is 9.40 Å². The molecule has 0 saturated heterocycles. The highest BCUT2D eigenvalue weighted by Crippen LogP contribution is 2.40. The molecule has 0 aliphatic carbocycles. The summed E-state index contributed by atoms with van der Waals surface area (Å²) < 4.78 is 19.3. The van der Waals surface area contributed by atoms with Gasteiger partial charge in [0.2, 0.25) is 0 Å². The molecule has 0 N–H and O–H groups in total. The van der Waals surface area contributed by atoms with Gasteiger partial charge in [-0.1, -0.05) is 18.2 Å². The van der Waals surface area contributed by atoms with Crippen molar-refractivity contribution in [1.82, 2.24) is 4.98 Å². The third-order valence-electron chi connectivity index (χ3n) is 4.91. The molecule has 128 valence electrons. The van der Waals surface area contributed by atoms with Crippen molar-refractivity contribution in [1.29, 1.82) is 0 Å². The number of fused-ring (bicyclic) bond motifs is 2. The largest absolute Gasteiger partial charge is 0.463 e. The number of furan rings is 1. The highest BCUT2D eigenvalue weighted by atomic mass is 19.1. The van der Waals surface area contributed by atoms with Gasteiger partial charge in [0.15, 0.2) is 5.76 Å². The van der Waals surface area contributed by atoms with Crippen LogP contribution in [0.1, 0.15) is 12.0 Å². The van der Waals surface area contributed by atoms with Crippen molar-refractivity contribution >= 4 is 22.3 Å². The zero-order valence-electron chi connectivity index (χ0n) is 14.2. The molecular formula is C22H17FN2O. The van der Waals surface area contributed by atoms with Crippen LogP contribution in [0.3, 0.4) is 0 Å². The maximum atomic E-state index is 13.7. The first-order chi connectivity index (χ1) is 12.8. The van der Waals surface area contributed by atoms with Gasteiger partial charge in [0.05, 0.1) is 17.5 Å². The van der Waals surface area contributed by atoms with E-state index in [-0.39, 0.29) is 5.82 Å². The highest BCUT2D eigenvalue weighted by Gasteiger charge is 2.23. The van der Waals surface area contributed by atoms with Crippen molar-refractivity contribution in [2.45, 2.75) is 12.8 Å². The Kier molecular flexibility index (Phi) is 3.49. The summed E-state index contributed by atoms with van der Waals surface area (Å²) in [5.41, 5.74) is 4.81. The number of aromatic nitrogens is 1. The molecule has 0 saturated carbocycles. The molecule has 3 nitrogen and oxygen atoms in total. The minimum absolute atomic E-state index is 0.187. The molecule has 0 spiro atoms. The molecule has 0 atom stereocenters. The average molecular weight is 344 g/mol. The van der Waals surface area contributed by atoms with Gasteiger partial charge in [-0.05, 0) is 60.9 Å². The van der Waals surface area contributed by atoms with Crippen LogP contribution < -0.4 is 4.90 Å². The fraction of sp³-hybridized carbons (Fsp3) is 0.136. The van der Waals surface area contributed by atoms with E-state index in [1.54, 1.807) is 12.3 Å². The fourth-order valence-electron chi connectivity index (χ4n) is 3.72. The van der Waals surface area contributed by atoms with Crippen LogP contribution in [0.4, 0.5) is 15.8 Å². The molecule has 3 heterocycles. The summed E-state index contributed by atoms with van der Waals surface area (Å²) in [7, 11) is 0. The molecular weight excluding hydrogens is 327 g/mol. The third kappa shape index (κ3) is 2.46. The van der Waals surface area contributed by atoms with Gasteiger partial charge in [0, 0.05) is 17.6 Å². The first-order valence-corrected chi connectivity index (χ1v) is 8.79. The molecule has 5 rings (SSSR count). The number of halogens is 1. The zero-order chi connectivity index (χ0) is 17.5. The number of hydrogen-bond acceptors (Lipinski definition) is 3. The monoisotopic (exact) mass is 344 g/mol. The van der Waals surface area contributed by atoms with Gasteiger partial charge in [0.25, 0.3) is 0 Å². The van der Waals surface area contributed by atoms with Gasteiger partial charge >= 0.3 is 0 Å². The third-order valence-corrected chi connectivity index (χ3v) is 4.91. The van der Waals surface area contributed by atoms with Crippen LogP contribution in [0.25, 0.3) is 22.4 Å². The van der Waals surface area contributed by atoms with Crippen molar-refractivity contribution in [3.63, 3.8) is 0 Å². The molecule has 4 heteroatoms. The van der Waals surface area contributed by atoms with Crippen molar-refractivity contribution in [3.8, 4) is 11.5 Å². The second-order valence-corrected chi connectivity index (χ2v) is 6.55. The minimum atomic E-state index is -0.187. The Morgan fingerprint density at radius 1 is 0.962 bits per heavy atom. The standard InChI is InChI=1S/C22H17FN2O/c23-17-9-10-19-16(13-17)6-3-11-25(19)20-14-15-5-1-2-7-18(15)24-22(20)21-8-4-12-26-21/h1-2,4-5,7-10,12-14H,3,6,11H2. The summed E-state index contributed by atoms with van der Waals surface area (Å²) in [6, 6.07) is 19.0. The van der Waals surface area contributed by atoms with E-state index < -0.39 is 0 Å². The summed E-state index contributed by atoms with van der Waals surface area (Å²) >= 11 is 0. The minimum Gasteiger partial charge on any atom is -0.463 e. The molecule has 2 aromatic carbocycles. The predicted molar refractivity (Wildman–Crippen MR) is 101 cm³/mol. The second-order valence-electron chi connectivity index (χ2n) is 6.55. The van der Waals surface area contributed by atoms with Gasteiger partial charge in [0.1, 0.15) is 11.5 Å². The van der Waals surface area contributed by atoms with Crippen molar-refractivity contribution in [2.75, 3.05) is 11.4 Å². The second kappa shape index (κ2) is 5.99. The Morgan fingerprint density at radius 3 is 2.77 bits per heavy atom. The SMILES string of the molecule is Fc1ccc2c(c1)CCCN2c1cc2ccccc2nc1-c1ccco1. The van der Waals surface area contributed by atoms with Gasteiger partial charge in [-0.2, -0.15) is 0 Å². The van der Waals surface area contributed by atoms with Crippen LogP contribution in [0.15, 0.2) is 71.3 Å². The van der Waals surface area contributed by atoms with E-state index in [9.17, 15) is 4.39 Å². The number of anilines is 2. The van der Waals surface area contributed by atoms with E-state index in [0.717, 1.165) is 58.7 Å². The van der Waals surface area contributed by atoms with Gasteiger partial charge in [-0.25, -0.2) is 9.37 Å². The lowest BCUT2D eigenvalue weighted by Gasteiger charge is -2.32. The van der Waals surface area contributed by atoms with E-state index in [2.05, 4.69) is 17.0 Å². The van der Waals surface area contributed by atoms with Gasteiger partial charge in [-0.3, -0.25) is 0 Å². The molecule has 1 aliphatic rings. The lowest BCUT2D eigenvalue weighted by atomic mass is 10.00. The molecule has 0 fully saturated rings. The van der Waals surface area contributed by atoms with Crippen LogP contribution in [-0.4, -0.2) is 11.5 Å². The molecule has 0 amide bonds. The topological polar surface area (TPSA) is 29.3 Å². The number of para-hydroxylation sites is 1. The highest BCUT2D eigenvalue weighted by molar-refractivity contribution is 5.90. The number of nitrogens with zero attached hydrogens (tertiary/aromatic N) is 2. The van der Waals surface area contributed by atoms with Crippen molar-refractivity contribution < 1.29 is 8.81 Å². The van der Waals surface area contributed by atoms with Crippen LogP contribution in [0.2, 0.25) is 0 Å². The first kappa shape index (κ1) is 15.1. The Hall–Kier alpha value is -3.14. The Morgan fingerprint density at radius 2 is 1.88 bits per heavy atom. The van der Waals surface area contributed by atoms with Gasteiger partial charge in [-0.15, -0.1) is 0 Å². The summed E-state index contributed by atoms with van der Waals surface area (Å²) in [4.78, 5) is 7.11. The fourth-order valence-corrected chi connectivity index (χ4v) is 3.72. The summed E-state index contributed by atoms with van der Waals surface area (Å²) in [6.07, 6.45) is 3.52.